The molecular weight excluding hydrogens is 428 g/mol. The Bertz CT molecular complexity index is 939. The van der Waals surface area contributed by atoms with Crippen molar-refractivity contribution in [3.63, 3.8) is 0 Å². The maximum Gasteiger partial charge on any atom is 0.323 e. The number of esters is 2. The fraction of sp³-hybridized carbons (Fsp3) is 0.286. The number of hydrogen-bond acceptors (Lipinski definition) is 6. The van der Waals surface area contributed by atoms with Crippen LogP contribution in [0.2, 0.25) is 0 Å². The smallest absolute Gasteiger partial charge is 0.323 e. The number of ether oxygens (including phenoxy) is 2. The predicted octanol–water partition coefficient (Wildman–Crippen LogP) is 3.00. The van der Waals surface area contributed by atoms with Crippen LogP contribution in [-0.4, -0.2) is 37.2 Å². The van der Waals surface area contributed by atoms with E-state index in [1.807, 2.05) is 84.9 Å². The lowest BCUT2D eigenvalue weighted by molar-refractivity contribution is -0.146. The average Bonchev–Trinajstić information content (AvgIpc) is 2.86. The van der Waals surface area contributed by atoms with E-state index in [1.54, 1.807) is 0 Å². The minimum atomic E-state index is -0.673. The van der Waals surface area contributed by atoms with Gasteiger partial charge in [-0.15, -0.1) is 0 Å². The van der Waals surface area contributed by atoms with Gasteiger partial charge in [0.15, 0.2) is 0 Å². The summed E-state index contributed by atoms with van der Waals surface area (Å²) in [5.41, 5.74) is 16.0. The van der Waals surface area contributed by atoms with Gasteiger partial charge in [-0.05, 0) is 35.1 Å². The Labute approximate surface area is 200 Å². The Kier molecular flexibility index (Phi) is 9.82. The summed E-state index contributed by atoms with van der Waals surface area (Å²) in [7, 11) is 0. The topological polar surface area (TPSA) is 105 Å². The van der Waals surface area contributed by atoms with Gasteiger partial charge in [-0.3, -0.25) is 9.59 Å². The quantitative estimate of drug-likeness (QED) is 0.403. The van der Waals surface area contributed by atoms with Crippen LogP contribution in [-0.2, 0) is 44.7 Å². The van der Waals surface area contributed by atoms with Gasteiger partial charge in [-0.1, -0.05) is 84.9 Å². The van der Waals surface area contributed by atoms with Crippen LogP contribution in [0.3, 0.4) is 0 Å². The lowest BCUT2D eigenvalue weighted by atomic mass is 10.1. The van der Waals surface area contributed by atoms with Crippen molar-refractivity contribution in [1.29, 1.82) is 0 Å². The van der Waals surface area contributed by atoms with Gasteiger partial charge in [0.05, 0.1) is 13.2 Å². The number of hydrogen-bond donors (Lipinski definition) is 2. The number of carbonyl (C=O) groups excluding carboxylic acids is 2. The summed E-state index contributed by atoms with van der Waals surface area (Å²) in [6.07, 6.45) is 2.12. The zero-order valence-electron chi connectivity index (χ0n) is 19.3. The first-order valence-electron chi connectivity index (χ1n) is 11.5. The molecule has 0 aliphatic heterocycles. The van der Waals surface area contributed by atoms with Gasteiger partial charge in [-0.25, -0.2) is 0 Å². The first kappa shape index (κ1) is 25.1. The Hall–Kier alpha value is -3.48. The average molecular weight is 461 g/mol. The molecule has 0 heterocycles. The summed E-state index contributed by atoms with van der Waals surface area (Å²) in [6.45, 7) is 0.551. The van der Waals surface area contributed by atoms with Crippen molar-refractivity contribution in [3.8, 4) is 0 Å². The molecule has 0 saturated carbocycles. The second kappa shape index (κ2) is 13.3. The monoisotopic (exact) mass is 460 g/mol. The number of benzene rings is 3. The van der Waals surface area contributed by atoms with E-state index in [9.17, 15) is 9.59 Å². The minimum Gasteiger partial charge on any atom is -0.464 e. The van der Waals surface area contributed by atoms with Crippen molar-refractivity contribution in [3.05, 3.63) is 107 Å². The summed E-state index contributed by atoms with van der Waals surface area (Å²) in [5.74, 6) is -0.791. The number of carbonyl (C=O) groups is 2. The van der Waals surface area contributed by atoms with Crippen LogP contribution in [0, 0.1) is 0 Å². The molecule has 3 aromatic carbocycles. The predicted molar refractivity (Wildman–Crippen MR) is 132 cm³/mol. The van der Waals surface area contributed by atoms with Crippen molar-refractivity contribution in [2.24, 2.45) is 11.5 Å². The molecule has 6 nitrogen and oxygen atoms in total. The minimum absolute atomic E-state index is 0.275. The summed E-state index contributed by atoms with van der Waals surface area (Å²) in [6, 6.07) is 25.9. The first-order chi connectivity index (χ1) is 16.5. The third-order valence-electron chi connectivity index (χ3n) is 5.50. The maximum atomic E-state index is 12.1. The van der Waals surface area contributed by atoms with E-state index in [1.165, 1.54) is 0 Å². The van der Waals surface area contributed by atoms with E-state index in [2.05, 4.69) is 0 Å². The normalized spacial score (nSPS) is 12.5. The summed E-state index contributed by atoms with van der Waals surface area (Å²) in [5, 5.41) is 0. The molecule has 0 aliphatic carbocycles. The number of nitrogens with two attached hydrogens (primary N) is 2. The molecule has 0 aromatic heterocycles. The van der Waals surface area contributed by atoms with E-state index in [0.717, 1.165) is 22.3 Å². The van der Waals surface area contributed by atoms with Crippen LogP contribution in [0.1, 0.15) is 22.3 Å². The zero-order valence-corrected chi connectivity index (χ0v) is 19.3. The maximum absolute atomic E-state index is 12.1. The van der Waals surface area contributed by atoms with Gasteiger partial charge in [0.1, 0.15) is 12.1 Å². The molecule has 2 atom stereocenters. The molecule has 34 heavy (non-hydrogen) atoms. The van der Waals surface area contributed by atoms with Gasteiger partial charge in [-0.2, -0.15) is 0 Å². The molecule has 3 rings (SSSR count). The van der Waals surface area contributed by atoms with Crippen molar-refractivity contribution in [2.45, 2.75) is 37.8 Å². The molecule has 0 fully saturated rings. The van der Waals surface area contributed by atoms with Crippen LogP contribution >= 0.6 is 0 Å². The number of rotatable bonds is 12. The molecule has 178 valence electrons. The largest absolute Gasteiger partial charge is 0.464 e. The van der Waals surface area contributed by atoms with E-state index in [-0.39, 0.29) is 13.2 Å². The van der Waals surface area contributed by atoms with Crippen molar-refractivity contribution < 1.29 is 19.1 Å². The highest BCUT2D eigenvalue weighted by molar-refractivity contribution is 5.76. The molecule has 0 aliphatic rings. The molecule has 0 radical (unpaired) electrons. The van der Waals surface area contributed by atoms with Crippen LogP contribution in [0.25, 0.3) is 0 Å². The summed E-state index contributed by atoms with van der Waals surface area (Å²) in [4.78, 5) is 24.2. The molecule has 0 spiro atoms. The Morgan fingerprint density at radius 1 is 0.559 bits per heavy atom. The van der Waals surface area contributed by atoms with Crippen LogP contribution in [0.4, 0.5) is 0 Å². The fourth-order valence-electron chi connectivity index (χ4n) is 3.53. The molecule has 4 N–H and O–H groups in total. The lowest BCUT2D eigenvalue weighted by Gasteiger charge is -2.12. The molecule has 0 unspecified atom stereocenters. The van der Waals surface area contributed by atoms with Crippen LogP contribution in [0.15, 0.2) is 84.9 Å². The first-order valence-corrected chi connectivity index (χ1v) is 11.5. The fourth-order valence-corrected chi connectivity index (χ4v) is 3.53. The highest BCUT2D eigenvalue weighted by Gasteiger charge is 2.16. The van der Waals surface area contributed by atoms with Crippen molar-refractivity contribution in [1.82, 2.24) is 0 Å². The third-order valence-corrected chi connectivity index (χ3v) is 5.50. The molecule has 3 aromatic rings. The summed E-state index contributed by atoms with van der Waals surface area (Å²) < 4.78 is 10.7. The highest BCUT2D eigenvalue weighted by atomic mass is 16.5. The second-order valence-corrected chi connectivity index (χ2v) is 8.24. The van der Waals surface area contributed by atoms with E-state index in [4.69, 9.17) is 20.9 Å². The zero-order chi connectivity index (χ0) is 24.2. The van der Waals surface area contributed by atoms with Gasteiger partial charge < -0.3 is 20.9 Å². The SMILES string of the molecule is N[C@@H](Cc1ccccc1)C(=O)OCCc1ccc(CCOC(=O)[C@@H](N)Cc2ccccc2)cc1. The molecule has 6 heteroatoms. The van der Waals surface area contributed by atoms with Gasteiger partial charge in [0, 0.05) is 12.8 Å². The van der Waals surface area contributed by atoms with Crippen molar-refractivity contribution in [2.75, 3.05) is 13.2 Å². The lowest BCUT2D eigenvalue weighted by Crippen LogP contribution is -2.34. The van der Waals surface area contributed by atoms with E-state index < -0.39 is 24.0 Å². The third kappa shape index (κ3) is 8.46. The van der Waals surface area contributed by atoms with Gasteiger partial charge in [0.25, 0.3) is 0 Å². The van der Waals surface area contributed by atoms with Gasteiger partial charge in [0.2, 0.25) is 0 Å². The standard InChI is InChI=1S/C28H32N2O4/c29-25(19-23-7-3-1-4-8-23)27(31)33-17-15-21-11-13-22(14-12-21)16-18-34-28(32)26(30)20-24-9-5-2-6-10-24/h1-14,25-26H,15-20,29-30H2/t25-,26-/m0/s1. The molecule has 0 amide bonds. The Morgan fingerprint density at radius 3 is 1.26 bits per heavy atom. The van der Waals surface area contributed by atoms with E-state index >= 15 is 0 Å². The van der Waals surface area contributed by atoms with Crippen LogP contribution in [0.5, 0.6) is 0 Å². The van der Waals surface area contributed by atoms with E-state index in [0.29, 0.717) is 25.7 Å². The molecular formula is C28H32N2O4. The highest BCUT2D eigenvalue weighted by Crippen LogP contribution is 2.09. The van der Waals surface area contributed by atoms with Gasteiger partial charge >= 0.3 is 11.9 Å². The Balaban J connectivity index is 1.33. The Morgan fingerprint density at radius 2 is 0.912 bits per heavy atom. The van der Waals surface area contributed by atoms with Crippen LogP contribution < -0.4 is 11.5 Å². The second-order valence-electron chi connectivity index (χ2n) is 8.24. The van der Waals surface area contributed by atoms with Crippen molar-refractivity contribution >= 4 is 11.9 Å². The molecule has 0 saturated heterocycles. The molecule has 0 bridgehead atoms. The summed E-state index contributed by atoms with van der Waals surface area (Å²) >= 11 is 0.